The van der Waals surface area contributed by atoms with Gasteiger partial charge in [-0.05, 0) is 44.5 Å². The lowest BCUT2D eigenvalue weighted by Crippen LogP contribution is -2.39. The fraction of sp³-hybridized carbons (Fsp3) is 0.471. The molecule has 1 aromatic rings. The van der Waals surface area contributed by atoms with Crippen molar-refractivity contribution in [3.05, 3.63) is 42.5 Å². The first-order chi connectivity index (χ1) is 11.4. The molecule has 134 valence electrons. The Kier molecular flexibility index (Phi) is 8.49. The fourth-order valence-corrected chi connectivity index (χ4v) is 2.94. The molecule has 0 fully saturated rings. The Morgan fingerprint density at radius 3 is 2.79 bits per heavy atom. The van der Waals surface area contributed by atoms with Gasteiger partial charge in [0.05, 0.1) is 11.4 Å². The van der Waals surface area contributed by atoms with Gasteiger partial charge >= 0.3 is 0 Å². The molecule has 0 aromatic heterocycles. The summed E-state index contributed by atoms with van der Waals surface area (Å²) < 4.78 is 26.1. The minimum Gasteiger partial charge on any atom is -0.357 e. The standard InChI is InChI=1S/C17H28N4O2S/c1-5-7-8-12-21(4)17(19-6-2)20-14-15-10-9-11-16(13-15)24(22,23)18-3/h5,9-11,13,18H,1,6-8,12,14H2,2-4H3,(H,19,20). The Bertz CT molecular complexity index is 656. The van der Waals surface area contributed by atoms with Gasteiger partial charge in [0.15, 0.2) is 5.96 Å². The number of allylic oxidation sites excluding steroid dienone is 1. The van der Waals surface area contributed by atoms with E-state index in [1.807, 2.05) is 26.1 Å². The Morgan fingerprint density at radius 1 is 1.42 bits per heavy atom. The minimum atomic E-state index is -3.43. The molecule has 0 spiro atoms. The molecule has 0 atom stereocenters. The average molecular weight is 353 g/mol. The average Bonchev–Trinajstić information content (AvgIpc) is 2.59. The van der Waals surface area contributed by atoms with Crippen molar-refractivity contribution in [2.45, 2.75) is 31.2 Å². The van der Waals surface area contributed by atoms with Crippen LogP contribution in [0.4, 0.5) is 0 Å². The van der Waals surface area contributed by atoms with Crippen molar-refractivity contribution in [1.29, 1.82) is 0 Å². The van der Waals surface area contributed by atoms with Crippen LogP contribution < -0.4 is 10.0 Å². The van der Waals surface area contributed by atoms with Crippen molar-refractivity contribution >= 4 is 16.0 Å². The third-order valence-electron chi connectivity index (χ3n) is 3.49. The molecule has 6 nitrogen and oxygen atoms in total. The van der Waals surface area contributed by atoms with E-state index in [4.69, 9.17) is 0 Å². The smallest absolute Gasteiger partial charge is 0.240 e. The Balaban J connectivity index is 2.86. The molecule has 1 aromatic carbocycles. The first kappa shape index (κ1) is 20.2. The summed E-state index contributed by atoms with van der Waals surface area (Å²) in [6, 6.07) is 6.83. The van der Waals surface area contributed by atoms with Crippen LogP contribution in [-0.4, -0.2) is 46.5 Å². The number of hydrogen-bond donors (Lipinski definition) is 2. The molecule has 0 aliphatic rings. The lowest BCUT2D eigenvalue weighted by atomic mass is 10.2. The molecule has 0 radical (unpaired) electrons. The summed E-state index contributed by atoms with van der Waals surface area (Å²) in [4.78, 5) is 6.92. The van der Waals surface area contributed by atoms with E-state index in [1.165, 1.54) is 7.05 Å². The highest BCUT2D eigenvalue weighted by Crippen LogP contribution is 2.12. The third-order valence-corrected chi connectivity index (χ3v) is 4.90. The topological polar surface area (TPSA) is 73.8 Å². The van der Waals surface area contributed by atoms with Crippen LogP contribution >= 0.6 is 0 Å². The van der Waals surface area contributed by atoms with E-state index in [1.54, 1.807) is 18.2 Å². The van der Waals surface area contributed by atoms with Crippen molar-refractivity contribution in [3.8, 4) is 0 Å². The van der Waals surface area contributed by atoms with Crippen LogP contribution in [0.1, 0.15) is 25.3 Å². The number of nitrogens with zero attached hydrogens (tertiary/aromatic N) is 2. The highest BCUT2D eigenvalue weighted by molar-refractivity contribution is 7.89. The second-order valence-electron chi connectivity index (χ2n) is 5.38. The normalized spacial score (nSPS) is 12.0. The van der Waals surface area contributed by atoms with E-state index in [9.17, 15) is 8.42 Å². The third kappa shape index (κ3) is 6.33. The van der Waals surface area contributed by atoms with Crippen LogP contribution in [0.25, 0.3) is 0 Å². The highest BCUT2D eigenvalue weighted by atomic mass is 32.2. The summed E-state index contributed by atoms with van der Waals surface area (Å²) in [6.07, 6.45) is 3.89. The first-order valence-corrected chi connectivity index (χ1v) is 9.55. The number of hydrogen-bond acceptors (Lipinski definition) is 3. The zero-order chi connectivity index (χ0) is 18.0. The molecular formula is C17H28N4O2S. The summed E-state index contributed by atoms with van der Waals surface area (Å²) in [5, 5.41) is 3.26. The molecule has 0 aliphatic heterocycles. The van der Waals surface area contributed by atoms with Gasteiger partial charge in [0.25, 0.3) is 0 Å². The van der Waals surface area contributed by atoms with Gasteiger partial charge in [-0.2, -0.15) is 0 Å². The van der Waals surface area contributed by atoms with Crippen LogP contribution in [0.15, 0.2) is 46.8 Å². The summed E-state index contributed by atoms with van der Waals surface area (Å²) in [5.41, 5.74) is 0.848. The Hall–Kier alpha value is -1.86. The molecule has 7 heteroatoms. The summed E-state index contributed by atoms with van der Waals surface area (Å²) in [5.74, 6) is 0.809. The number of aliphatic imine (C=N–C) groups is 1. The molecular weight excluding hydrogens is 324 g/mol. The minimum absolute atomic E-state index is 0.252. The van der Waals surface area contributed by atoms with Gasteiger partial charge in [-0.3, -0.25) is 0 Å². The van der Waals surface area contributed by atoms with E-state index >= 15 is 0 Å². The maximum atomic E-state index is 11.9. The first-order valence-electron chi connectivity index (χ1n) is 8.07. The van der Waals surface area contributed by atoms with Crippen LogP contribution in [0.5, 0.6) is 0 Å². The maximum Gasteiger partial charge on any atom is 0.240 e. The van der Waals surface area contributed by atoms with Crippen molar-refractivity contribution in [2.24, 2.45) is 4.99 Å². The van der Waals surface area contributed by atoms with Crippen molar-refractivity contribution in [1.82, 2.24) is 14.9 Å². The number of nitrogens with one attached hydrogen (secondary N) is 2. The zero-order valence-electron chi connectivity index (χ0n) is 14.7. The predicted octanol–water partition coefficient (Wildman–Crippen LogP) is 1.96. The second-order valence-corrected chi connectivity index (χ2v) is 7.26. The molecule has 0 aliphatic carbocycles. The van der Waals surface area contributed by atoms with E-state index in [0.717, 1.165) is 37.5 Å². The molecule has 1 rings (SSSR count). The molecule has 0 saturated carbocycles. The lowest BCUT2D eigenvalue weighted by Gasteiger charge is -2.21. The van der Waals surface area contributed by atoms with Gasteiger partial charge in [-0.15, -0.1) is 6.58 Å². The monoisotopic (exact) mass is 352 g/mol. The van der Waals surface area contributed by atoms with Crippen LogP contribution in [0, 0.1) is 0 Å². The SMILES string of the molecule is C=CCCCN(C)C(=NCc1cccc(S(=O)(=O)NC)c1)NCC. The van der Waals surface area contributed by atoms with E-state index < -0.39 is 10.0 Å². The number of rotatable bonds is 9. The molecule has 2 N–H and O–H groups in total. The number of sulfonamides is 1. The van der Waals surface area contributed by atoms with Crippen LogP contribution in [0.3, 0.4) is 0 Å². The van der Waals surface area contributed by atoms with Crippen LogP contribution in [0.2, 0.25) is 0 Å². The molecule has 0 heterocycles. The van der Waals surface area contributed by atoms with E-state index in [-0.39, 0.29) is 4.90 Å². The lowest BCUT2D eigenvalue weighted by molar-refractivity contribution is 0.470. The molecule has 24 heavy (non-hydrogen) atoms. The highest BCUT2D eigenvalue weighted by Gasteiger charge is 2.11. The molecule has 0 amide bonds. The van der Waals surface area contributed by atoms with Gasteiger partial charge in [-0.1, -0.05) is 18.2 Å². The molecule has 0 bridgehead atoms. The van der Waals surface area contributed by atoms with Gasteiger partial charge < -0.3 is 10.2 Å². The summed E-state index contributed by atoms with van der Waals surface area (Å²) in [6.45, 7) is 7.83. The van der Waals surface area contributed by atoms with E-state index in [2.05, 4.69) is 26.5 Å². The number of unbranched alkanes of at least 4 members (excludes halogenated alkanes) is 1. The van der Waals surface area contributed by atoms with Gasteiger partial charge in [-0.25, -0.2) is 18.1 Å². The summed E-state index contributed by atoms with van der Waals surface area (Å²) >= 11 is 0. The zero-order valence-corrected chi connectivity index (χ0v) is 15.6. The van der Waals surface area contributed by atoms with Gasteiger partial charge in [0, 0.05) is 20.1 Å². The van der Waals surface area contributed by atoms with Crippen molar-refractivity contribution in [3.63, 3.8) is 0 Å². The Labute approximate surface area is 145 Å². The largest absolute Gasteiger partial charge is 0.357 e. The number of benzene rings is 1. The van der Waals surface area contributed by atoms with Gasteiger partial charge in [0.2, 0.25) is 10.0 Å². The predicted molar refractivity (Wildman–Crippen MR) is 99.6 cm³/mol. The Morgan fingerprint density at radius 2 is 2.17 bits per heavy atom. The fourth-order valence-electron chi connectivity index (χ4n) is 2.14. The second kappa shape index (κ2) is 10.1. The molecule has 0 unspecified atom stereocenters. The van der Waals surface area contributed by atoms with Crippen molar-refractivity contribution in [2.75, 3.05) is 27.2 Å². The molecule has 0 saturated heterocycles. The quantitative estimate of drug-likeness (QED) is 0.308. The number of guanidine groups is 1. The van der Waals surface area contributed by atoms with Crippen LogP contribution in [-0.2, 0) is 16.6 Å². The van der Waals surface area contributed by atoms with Crippen molar-refractivity contribution < 1.29 is 8.42 Å². The maximum absolute atomic E-state index is 11.9. The summed E-state index contributed by atoms with van der Waals surface area (Å²) in [7, 11) is -0.0377. The van der Waals surface area contributed by atoms with Gasteiger partial charge in [0.1, 0.15) is 0 Å². The van der Waals surface area contributed by atoms with E-state index in [0.29, 0.717) is 6.54 Å².